The van der Waals surface area contributed by atoms with E-state index in [1.54, 1.807) is 13.0 Å². The number of piperazine rings is 1. The van der Waals surface area contributed by atoms with Gasteiger partial charge in [0.2, 0.25) is 10.0 Å². The maximum absolute atomic E-state index is 12.7. The fraction of sp³-hybridized carbons (Fsp3) is 0.538. The predicted molar refractivity (Wildman–Crippen MR) is 78.4 cm³/mol. The number of nitrogens with zero attached hydrogens (tertiary/aromatic N) is 2. The molecule has 0 spiro atoms. The van der Waals surface area contributed by atoms with Crippen LogP contribution in [0.15, 0.2) is 17.0 Å². The Kier molecular flexibility index (Phi) is 4.71. The molecule has 20 heavy (non-hydrogen) atoms. The third-order valence-corrected chi connectivity index (χ3v) is 5.93. The van der Waals surface area contributed by atoms with E-state index in [1.165, 1.54) is 10.4 Å². The van der Waals surface area contributed by atoms with Gasteiger partial charge in [-0.05, 0) is 37.2 Å². The number of aliphatic hydroxyl groups is 1. The van der Waals surface area contributed by atoms with Gasteiger partial charge in [0.05, 0.1) is 11.5 Å². The van der Waals surface area contributed by atoms with Gasteiger partial charge >= 0.3 is 0 Å². The van der Waals surface area contributed by atoms with Crippen molar-refractivity contribution in [2.45, 2.75) is 18.4 Å². The largest absolute Gasteiger partial charge is 0.392 e. The van der Waals surface area contributed by atoms with Crippen LogP contribution in [0.2, 0.25) is 5.02 Å². The highest BCUT2D eigenvalue weighted by molar-refractivity contribution is 7.89. The van der Waals surface area contributed by atoms with Gasteiger partial charge in [0, 0.05) is 31.2 Å². The molecule has 5 nitrogen and oxygen atoms in total. The minimum absolute atomic E-state index is 0.193. The van der Waals surface area contributed by atoms with Crippen LogP contribution in [0.5, 0.6) is 0 Å². The first-order chi connectivity index (χ1) is 9.36. The summed E-state index contributed by atoms with van der Waals surface area (Å²) in [4.78, 5) is 2.29. The predicted octanol–water partition coefficient (Wildman–Crippen LogP) is 1.08. The van der Waals surface area contributed by atoms with Crippen LogP contribution in [-0.4, -0.2) is 56.0 Å². The number of aliphatic hydroxyl groups excluding tert-OH is 1. The van der Waals surface area contributed by atoms with Crippen LogP contribution in [-0.2, 0) is 16.6 Å². The molecule has 1 aliphatic rings. The maximum Gasteiger partial charge on any atom is 0.243 e. The van der Waals surface area contributed by atoms with Gasteiger partial charge in [0.1, 0.15) is 0 Å². The third kappa shape index (κ3) is 2.99. The summed E-state index contributed by atoms with van der Waals surface area (Å²) in [6, 6.07) is 3.06. The highest BCUT2D eigenvalue weighted by Crippen LogP contribution is 2.27. The second-order valence-corrected chi connectivity index (χ2v) is 7.40. The SMILES string of the molecule is Cc1c(CO)cc(Cl)cc1S(=O)(=O)N1CCN(C)CC1. The molecule has 0 atom stereocenters. The number of halogens is 1. The number of hydrogen-bond acceptors (Lipinski definition) is 4. The van der Waals surface area contributed by atoms with E-state index >= 15 is 0 Å². The van der Waals surface area contributed by atoms with Crippen molar-refractivity contribution in [2.24, 2.45) is 0 Å². The number of benzene rings is 1. The number of likely N-dealkylation sites (N-methyl/N-ethyl adjacent to an activating group) is 1. The summed E-state index contributed by atoms with van der Waals surface area (Å²) in [5.41, 5.74) is 1.11. The Hall–Kier alpha value is -0.660. The van der Waals surface area contributed by atoms with Crippen LogP contribution < -0.4 is 0 Å². The molecule has 0 aliphatic carbocycles. The molecule has 0 bridgehead atoms. The Morgan fingerprint density at radius 2 is 1.85 bits per heavy atom. The van der Waals surface area contributed by atoms with E-state index in [2.05, 4.69) is 4.90 Å². The summed E-state index contributed by atoms with van der Waals surface area (Å²) >= 11 is 5.97. The van der Waals surface area contributed by atoms with Crippen molar-refractivity contribution < 1.29 is 13.5 Å². The van der Waals surface area contributed by atoms with Gasteiger partial charge in [-0.15, -0.1) is 0 Å². The van der Waals surface area contributed by atoms with Crippen molar-refractivity contribution in [3.8, 4) is 0 Å². The Labute approximate surface area is 124 Å². The quantitative estimate of drug-likeness (QED) is 0.906. The molecule has 112 valence electrons. The van der Waals surface area contributed by atoms with Crippen LogP contribution in [0.4, 0.5) is 0 Å². The third-order valence-electron chi connectivity index (χ3n) is 3.68. The average Bonchev–Trinajstić information content (AvgIpc) is 2.41. The minimum Gasteiger partial charge on any atom is -0.392 e. The van der Waals surface area contributed by atoms with Crippen LogP contribution >= 0.6 is 11.6 Å². The van der Waals surface area contributed by atoms with E-state index < -0.39 is 10.0 Å². The van der Waals surface area contributed by atoms with Crippen molar-refractivity contribution >= 4 is 21.6 Å². The molecule has 7 heteroatoms. The Morgan fingerprint density at radius 1 is 1.25 bits per heavy atom. The van der Waals surface area contributed by atoms with Crippen LogP contribution in [0.1, 0.15) is 11.1 Å². The first-order valence-corrected chi connectivity index (χ1v) is 8.26. The highest BCUT2D eigenvalue weighted by Gasteiger charge is 2.29. The topological polar surface area (TPSA) is 60.9 Å². The smallest absolute Gasteiger partial charge is 0.243 e. The molecule has 1 aromatic carbocycles. The van der Waals surface area contributed by atoms with E-state index in [1.807, 2.05) is 7.05 Å². The number of sulfonamides is 1. The van der Waals surface area contributed by atoms with Gasteiger partial charge in [0.25, 0.3) is 0 Å². The van der Waals surface area contributed by atoms with Crippen molar-refractivity contribution in [3.63, 3.8) is 0 Å². The van der Waals surface area contributed by atoms with Gasteiger partial charge in [-0.1, -0.05) is 11.6 Å². The van der Waals surface area contributed by atoms with Gasteiger partial charge < -0.3 is 10.0 Å². The average molecular weight is 319 g/mol. The minimum atomic E-state index is -3.56. The summed E-state index contributed by atoms with van der Waals surface area (Å²) < 4.78 is 26.9. The summed E-state index contributed by atoms with van der Waals surface area (Å²) in [6.07, 6.45) is 0. The Balaban J connectivity index is 2.42. The Bertz CT molecular complexity index is 596. The van der Waals surface area contributed by atoms with E-state index in [-0.39, 0.29) is 11.5 Å². The van der Waals surface area contributed by atoms with Crippen LogP contribution in [0, 0.1) is 6.92 Å². The van der Waals surface area contributed by atoms with E-state index in [4.69, 9.17) is 11.6 Å². The first kappa shape index (κ1) is 15.7. The normalized spacial score (nSPS) is 18.4. The highest BCUT2D eigenvalue weighted by atomic mass is 35.5. The second-order valence-electron chi connectivity index (χ2n) is 5.05. The van der Waals surface area contributed by atoms with Gasteiger partial charge in [-0.2, -0.15) is 4.31 Å². The molecular formula is C13H19ClN2O3S. The standard InChI is InChI=1S/C13H19ClN2O3S/c1-10-11(9-17)7-12(14)8-13(10)20(18,19)16-5-3-15(2)4-6-16/h7-8,17H,3-6,9H2,1-2H3. The monoisotopic (exact) mass is 318 g/mol. The second kappa shape index (κ2) is 5.99. The zero-order valence-corrected chi connectivity index (χ0v) is 13.2. The fourth-order valence-corrected chi connectivity index (χ4v) is 4.33. The molecular weight excluding hydrogens is 300 g/mol. The van der Waals surface area contributed by atoms with Crippen molar-refractivity contribution in [1.82, 2.24) is 9.21 Å². The molecule has 1 aliphatic heterocycles. The Morgan fingerprint density at radius 3 is 2.40 bits per heavy atom. The van der Waals surface area contributed by atoms with Gasteiger partial charge in [-0.3, -0.25) is 0 Å². The lowest BCUT2D eigenvalue weighted by molar-refractivity contribution is 0.222. The zero-order valence-electron chi connectivity index (χ0n) is 11.6. The molecule has 1 N–H and O–H groups in total. The van der Waals surface area contributed by atoms with E-state index in [0.717, 1.165) is 0 Å². The lowest BCUT2D eigenvalue weighted by Crippen LogP contribution is -2.47. The maximum atomic E-state index is 12.7. The van der Waals surface area contributed by atoms with E-state index in [0.29, 0.717) is 42.3 Å². The molecule has 1 fully saturated rings. The zero-order chi connectivity index (χ0) is 14.9. The lowest BCUT2D eigenvalue weighted by Gasteiger charge is -2.32. The molecule has 0 saturated carbocycles. The molecule has 1 aromatic rings. The van der Waals surface area contributed by atoms with Crippen molar-refractivity contribution in [3.05, 3.63) is 28.3 Å². The molecule has 0 unspecified atom stereocenters. The van der Waals surface area contributed by atoms with E-state index in [9.17, 15) is 13.5 Å². The molecule has 1 saturated heterocycles. The van der Waals surface area contributed by atoms with Crippen molar-refractivity contribution in [1.29, 1.82) is 0 Å². The summed E-state index contributed by atoms with van der Waals surface area (Å²) in [6.45, 7) is 3.85. The van der Waals surface area contributed by atoms with Gasteiger partial charge in [0.15, 0.2) is 0 Å². The molecule has 2 rings (SSSR count). The van der Waals surface area contributed by atoms with Crippen LogP contribution in [0.25, 0.3) is 0 Å². The molecule has 0 amide bonds. The van der Waals surface area contributed by atoms with Gasteiger partial charge in [-0.25, -0.2) is 8.42 Å². The fourth-order valence-electron chi connectivity index (χ4n) is 2.31. The molecule has 1 heterocycles. The molecule has 0 aromatic heterocycles. The summed E-state index contributed by atoms with van der Waals surface area (Å²) in [5.74, 6) is 0. The number of rotatable bonds is 3. The lowest BCUT2D eigenvalue weighted by atomic mass is 10.1. The number of hydrogen-bond donors (Lipinski definition) is 1. The molecule has 0 radical (unpaired) electrons. The van der Waals surface area contributed by atoms with Crippen LogP contribution in [0.3, 0.4) is 0 Å². The summed E-state index contributed by atoms with van der Waals surface area (Å²) in [7, 11) is -1.59. The first-order valence-electron chi connectivity index (χ1n) is 6.45. The van der Waals surface area contributed by atoms with Crippen molar-refractivity contribution in [2.75, 3.05) is 33.2 Å². The summed E-state index contributed by atoms with van der Waals surface area (Å²) in [5, 5.41) is 9.63.